The van der Waals surface area contributed by atoms with E-state index in [1.807, 2.05) is 0 Å². The van der Waals surface area contributed by atoms with Gasteiger partial charge in [0.15, 0.2) is 0 Å². The highest BCUT2D eigenvalue weighted by molar-refractivity contribution is 4.76. The van der Waals surface area contributed by atoms with Crippen LogP contribution in [0.15, 0.2) is 0 Å². The summed E-state index contributed by atoms with van der Waals surface area (Å²) in [7, 11) is 2.31. The Morgan fingerprint density at radius 3 is 2.67 bits per heavy atom. The Kier molecular flexibility index (Phi) is 6.46. The lowest BCUT2D eigenvalue weighted by atomic mass is 9.94. The molecule has 2 fully saturated rings. The van der Waals surface area contributed by atoms with Crippen molar-refractivity contribution >= 4 is 0 Å². The quantitative estimate of drug-likeness (QED) is 0.680. The second kappa shape index (κ2) is 8.13. The molecule has 2 aliphatic rings. The van der Waals surface area contributed by atoms with Crippen LogP contribution < -0.4 is 10.6 Å². The van der Waals surface area contributed by atoms with Gasteiger partial charge in [-0.05, 0) is 58.8 Å². The third-order valence-electron chi connectivity index (χ3n) is 4.62. The average molecular weight is 253 g/mol. The van der Waals surface area contributed by atoms with Gasteiger partial charge in [0.05, 0.1) is 0 Å². The molecule has 106 valence electrons. The minimum Gasteiger partial charge on any atom is -0.315 e. The van der Waals surface area contributed by atoms with E-state index in [1.165, 1.54) is 71.0 Å². The molecule has 1 saturated heterocycles. The summed E-state index contributed by atoms with van der Waals surface area (Å²) in [6.07, 6.45) is 11.2. The Balaban J connectivity index is 1.46. The molecule has 1 aliphatic carbocycles. The van der Waals surface area contributed by atoms with Crippen LogP contribution in [-0.2, 0) is 0 Å². The third-order valence-corrected chi connectivity index (χ3v) is 4.62. The smallest absolute Gasteiger partial charge is 0.0192 e. The molecule has 2 N–H and O–H groups in total. The van der Waals surface area contributed by atoms with Gasteiger partial charge in [-0.15, -0.1) is 0 Å². The number of rotatable bonds is 7. The van der Waals surface area contributed by atoms with Crippen molar-refractivity contribution in [3.8, 4) is 0 Å². The van der Waals surface area contributed by atoms with Crippen LogP contribution in [0.2, 0.25) is 0 Å². The zero-order valence-electron chi connectivity index (χ0n) is 12.1. The Bertz CT molecular complexity index is 208. The van der Waals surface area contributed by atoms with Crippen LogP contribution in [0.25, 0.3) is 0 Å². The molecule has 1 aliphatic heterocycles. The summed E-state index contributed by atoms with van der Waals surface area (Å²) in [6.45, 7) is 4.81. The standard InChI is InChI=1S/C15H31N3/c1-18(15-8-3-2-4-9-15)12-6-10-16-13-14-7-5-11-17-14/h14-17H,2-13H2,1H3. The van der Waals surface area contributed by atoms with Gasteiger partial charge in [-0.25, -0.2) is 0 Å². The molecular weight excluding hydrogens is 222 g/mol. The lowest BCUT2D eigenvalue weighted by Gasteiger charge is -2.31. The van der Waals surface area contributed by atoms with Crippen LogP contribution in [0.1, 0.15) is 51.4 Å². The van der Waals surface area contributed by atoms with Gasteiger partial charge in [-0.3, -0.25) is 0 Å². The van der Waals surface area contributed by atoms with Gasteiger partial charge in [-0.1, -0.05) is 19.3 Å². The number of nitrogens with one attached hydrogen (secondary N) is 2. The molecule has 0 radical (unpaired) electrons. The fourth-order valence-electron chi connectivity index (χ4n) is 3.37. The molecule has 0 aromatic carbocycles. The van der Waals surface area contributed by atoms with E-state index >= 15 is 0 Å². The molecule has 0 aromatic heterocycles. The molecule has 2 rings (SSSR count). The lowest BCUT2D eigenvalue weighted by Crippen LogP contribution is -2.37. The summed E-state index contributed by atoms with van der Waals surface area (Å²) in [5, 5.41) is 7.13. The van der Waals surface area contributed by atoms with Crippen LogP contribution in [0.5, 0.6) is 0 Å². The van der Waals surface area contributed by atoms with E-state index in [1.54, 1.807) is 0 Å². The molecule has 1 unspecified atom stereocenters. The first-order valence-corrected chi connectivity index (χ1v) is 8.00. The van der Waals surface area contributed by atoms with Gasteiger partial charge < -0.3 is 15.5 Å². The summed E-state index contributed by atoms with van der Waals surface area (Å²) < 4.78 is 0. The summed E-state index contributed by atoms with van der Waals surface area (Å²) in [4.78, 5) is 2.59. The maximum Gasteiger partial charge on any atom is 0.0192 e. The normalized spacial score (nSPS) is 26.0. The van der Waals surface area contributed by atoms with Crippen molar-refractivity contribution in [2.45, 2.75) is 63.5 Å². The molecule has 3 nitrogen and oxygen atoms in total. The van der Waals surface area contributed by atoms with E-state index < -0.39 is 0 Å². The molecular formula is C15H31N3. The van der Waals surface area contributed by atoms with Crippen molar-refractivity contribution in [2.75, 3.05) is 33.2 Å². The molecule has 1 saturated carbocycles. The van der Waals surface area contributed by atoms with Crippen LogP contribution in [0.3, 0.4) is 0 Å². The first kappa shape index (κ1) is 14.3. The van der Waals surface area contributed by atoms with E-state index in [-0.39, 0.29) is 0 Å². The Morgan fingerprint density at radius 2 is 1.94 bits per heavy atom. The van der Waals surface area contributed by atoms with Gasteiger partial charge in [0, 0.05) is 18.6 Å². The summed E-state index contributed by atoms with van der Waals surface area (Å²) in [6, 6.07) is 1.61. The van der Waals surface area contributed by atoms with Crippen molar-refractivity contribution in [2.24, 2.45) is 0 Å². The predicted molar refractivity (Wildman–Crippen MR) is 78.0 cm³/mol. The van der Waals surface area contributed by atoms with Gasteiger partial charge in [-0.2, -0.15) is 0 Å². The molecule has 1 atom stereocenters. The van der Waals surface area contributed by atoms with E-state index in [9.17, 15) is 0 Å². The van der Waals surface area contributed by atoms with E-state index in [4.69, 9.17) is 0 Å². The first-order chi connectivity index (χ1) is 8.86. The van der Waals surface area contributed by atoms with Crippen molar-refractivity contribution < 1.29 is 0 Å². The Hall–Kier alpha value is -0.120. The summed E-state index contributed by atoms with van der Waals surface area (Å²) in [5.74, 6) is 0. The minimum atomic E-state index is 0.737. The third kappa shape index (κ3) is 4.87. The zero-order chi connectivity index (χ0) is 12.6. The Labute approximate surface area is 113 Å². The van der Waals surface area contributed by atoms with Crippen LogP contribution in [0.4, 0.5) is 0 Å². The second-order valence-electron chi connectivity index (χ2n) is 6.12. The predicted octanol–water partition coefficient (Wildman–Crippen LogP) is 1.98. The highest BCUT2D eigenvalue weighted by atomic mass is 15.1. The molecule has 0 bridgehead atoms. The lowest BCUT2D eigenvalue weighted by molar-refractivity contribution is 0.189. The van der Waals surface area contributed by atoms with Crippen LogP contribution in [-0.4, -0.2) is 50.2 Å². The summed E-state index contributed by atoms with van der Waals surface area (Å²) >= 11 is 0. The van der Waals surface area contributed by atoms with E-state index in [0.29, 0.717) is 0 Å². The molecule has 3 heteroatoms. The minimum absolute atomic E-state index is 0.737. The van der Waals surface area contributed by atoms with Gasteiger partial charge in [0.1, 0.15) is 0 Å². The highest BCUT2D eigenvalue weighted by Crippen LogP contribution is 2.21. The number of hydrogen-bond donors (Lipinski definition) is 2. The number of hydrogen-bond acceptors (Lipinski definition) is 3. The van der Waals surface area contributed by atoms with Gasteiger partial charge in [0.2, 0.25) is 0 Å². The average Bonchev–Trinajstić information content (AvgIpc) is 2.92. The maximum atomic E-state index is 3.60. The molecule has 18 heavy (non-hydrogen) atoms. The van der Waals surface area contributed by atoms with Crippen LogP contribution >= 0.6 is 0 Å². The first-order valence-electron chi connectivity index (χ1n) is 8.00. The molecule has 0 amide bonds. The zero-order valence-corrected chi connectivity index (χ0v) is 12.1. The second-order valence-corrected chi connectivity index (χ2v) is 6.12. The fraction of sp³-hybridized carbons (Fsp3) is 1.00. The van der Waals surface area contributed by atoms with Crippen molar-refractivity contribution in [1.29, 1.82) is 0 Å². The van der Waals surface area contributed by atoms with Gasteiger partial charge >= 0.3 is 0 Å². The number of nitrogens with zero attached hydrogens (tertiary/aromatic N) is 1. The van der Waals surface area contributed by atoms with E-state index in [0.717, 1.165) is 18.6 Å². The van der Waals surface area contributed by atoms with Crippen LogP contribution in [0, 0.1) is 0 Å². The summed E-state index contributed by atoms with van der Waals surface area (Å²) in [5.41, 5.74) is 0. The monoisotopic (exact) mass is 253 g/mol. The largest absolute Gasteiger partial charge is 0.315 e. The van der Waals surface area contributed by atoms with Crippen molar-refractivity contribution in [3.63, 3.8) is 0 Å². The van der Waals surface area contributed by atoms with Gasteiger partial charge in [0.25, 0.3) is 0 Å². The molecule has 0 spiro atoms. The van der Waals surface area contributed by atoms with E-state index in [2.05, 4.69) is 22.6 Å². The SMILES string of the molecule is CN(CCCNCC1CCCN1)C1CCCCC1. The highest BCUT2D eigenvalue weighted by Gasteiger charge is 2.17. The maximum absolute atomic E-state index is 3.60. The Morgan fingerprint density at radius 1 is 1.11 bits per heavy atom. The molecule has 0 aromatic rings. The van der Waals surface area contributed by atoms with Crippen molar-refractivity contribution in [3.05, 3.63) is 0 Å². The fourth-order valence-corrected chi connectivity index (χ4v) is 3.37. The van der Waals surface area contributed by atoms with Crippen molar-refractivity contribution in [1.82, 2.24) is 15.5 Å². The topological polar surface area (TPSA) is 27.3 Å². The molecule has 1 heterocycles.